The van der Waals surface area contributed by atoms with Gasteiger partial charge in [0.1, 0.15) is 0 Å². The molecule has 0 aliphatic heterocycles. The van der Waals surface area contributed by atoms with Crippen molar-refractivity contribution in [2.75, 3.05) is 0 Å². The summed E-state index contributed by atoms with van der Waals surface area (Å²) in [6.45, 7) is 2.63. The molecule has 1 aromatic heterocycles. The van der Waals surface area contributed by atoms with Crippen LogP contribution in [0.25, 0.3) is 0 Å². The molecule has 0 unspecified atom stereocenters. The fourth-order valence-electron chi connectivity index (χ4n) is 1.10. The number of aryl methyl sites for hydroxylation is 1. The number of esters is 1. The predicted molar refractivity (Wildman–Crippen MR) is 53.0 cm³/mol. The molecule has 0 spiro atoms. The second-order valence-corrected chi connectivity index (χ2v) is 3.03. The Labute approximate surface area is 87.0 Å². The van der Waals surface area contributed by atoms with Crippen LogP contribution in [0.3, 0.4) is 0 Å². The maximum Gasteiger partial charge on any atom is 0.308 e. The number of nitrogens with zero attached hydrogens (tertiary/aromatic N) is 2. The van der Waals surface area contributed by atoms with E-state index in [1.807, 2.05) is 0 Å². The standard InChI is InChI=1S/C10H12N2O3/c1-7(13)11-10-9(15-8(2)14)5-4-6-12(10)3/h4-6H,1-3H3/b11-10+. The van der Waals surface area contributed by atoms with Crippen LogP contribution in [0.4, 0.5) is 0 Å². The summed E-state index contributed by atoms with van der Waals surface area (Å²) >= 11 is 0. The van der Waals surface area contributed by atoms with E-state index in [4.69, 9.17) is 4.74 Å². The Hall–Kier alpha value is -1.91. The molecule has 0 aliphatic carbocycles. The molecule has 0 bridgehead atoms. The Balaban J connectivity index is 3.33. The zero-order valence-corrected chi connectivity index (χ0v) is 8.85. The summed E-state index contributed by atoms with van der Waals surface area (Å²) < 4.78 is 6.53. The molecule has 80 valence electrons. The van der Waals surface area contributed by atoms with Crippen molar-refractivity contribution >= 4 is 11.9 Å². The number of amides is 1. The highest BCUT2D eigenvalue weighted by Crippen LogP contribution is 2.01. The van der Waals surface area contributed by atoms with E-state index in [9.17, 15) is 9.59 Å². The Bertz CT molecular complexity index is 460. The summed E-state index contributed by atoms with van der Waals surface area (Å²) in [4.78, 5) is 25.4. The molecule has 0 radical (unpaired) electrons. The summed E-state index contributed by atoms with van der Waals surface area (Å²) in [6.07, 6.45) is 1.72. The zero-order chi connectivity index (χ0) is 11.4. The number of hydrogen-bond donors (Lipinski definition) is 0. The lowest BCUT2D eigenvalue weighted by molar-refractivity contribution is -0.132. The van der Waals surface area contributed by atoms with Crippen LogP contribution in [0, 0.1) is 0 Å². The number of aromatic nitrogens is 1. The number of ether oxygens (including phenoxy) is 1. The fourth-order valence-corrected chi connectivity index (χ4v) is 1.10. The van der Waals surface area contributed by atoms with Gasteiger partial charge in [-0.2, -0.15) is 4.99 Å². The minimum Gasteiger partial charge on any atom is -0.423 e. The van der Waals surface area contributed by atoms with Crippen LogP contribution in [0.1, 0.15) is 13.8 Å². The fraction of sp³-hybridized carbons (Fsp3) is 0.300. The lowest BCUT2D eigenvalue weighted by atomic mass is 10.4. The number of pyridine rings is 1. The van der Waals surface area contributed by atoms with E-state index in [1.165, 1.54) is 13.8 Å². The highest BCUT2D eigenvalue weighted by atomic mass is 16.5. The van der Waals surface area contributed by atoms with Gasteiger partial charge in [0.2, 0.25) is 5.91 Å². The van der Waals surface area contributed by atoms with Gasteiger partial charge in [-0.15, -0.1) is 0 Å². The first-order valence-corrected chi connectivity index (χ1v) is 4.40. The Morgan fingerprint density at radius 1 is 1.40 bits per heavy atom. The van der Waals surface area contributed by atoms with Crippen molar-refractivity contribution in [1.82, 2.24) is 4.57 Å². The largest absolute Gasteiger partial charge is 0.423 e. The molecule has 1 heterocycles. The molecule has 15 heavy (non-hydrogen) atoms. The van der Waals surface area contributed by atoms with E-state index >= 15 is 0 Å². The monoisotopic (exact) mass is 208 g/mol. The second kappa shape index (κ2) is 4.54. The minimum absolute atomic E-state index is 0.280. The molecule has 0 aliphatic rings. The van der Waals surface area contributed by atoms with E-state index in [1.54, 1.807) is 29.9 Å². The number of rotatable bonds is 1. The first kappa shape index (κ1) is 11.2. The van der Waals surface area contributed by atoms with Crippen LogP contribution in [0.15, 0.2) is 23.3 Å². The third-order valence-corrected chi connectivity index (χ3v) is 1.63. The van der Waals surface area contributed by atoms with Gasteiger partial charge in [-0.3, -0.25) is 9.59 Å². The molecular formula is C10H12N2O3. The van der Waals surface area contributed by atoms with Crippen molar-refractivity contribution in [3.8, 4) is 5.75 Å². The Morgan fingerprint density at radius 3 is 2.60 bits per heavy atom. The average Bonchev–Trinajstić information content (AvgIpc) is 2.09. The van der Waals surface area contributed by atoms with Gasteiger partial charge in [-0.25, -0.2) is 0 Å². The maximum atomic E-state index is 10.9. The van der Waals surface area contributed by atoms with Crippen molar-refractivity contribution < 1.29 is 14.3 Å². The lowest BCUT2D eigenvalue weighted by Gasteiger charge is -2.04. The molecule has 0 atom stereocenters. The zero-order valence-electron chi connectivity index (χ0n) is 8.85. The molecule has 0 N–H and O–H groups in total. The van der Waals surface area contributed by atoms with E-state index in [2.05, 4.69) is 4.99 Å². The Kier molecular flexibility index (Phi) is 3.38. The van der Waals surface area contributed by atoms with Crippen molar-refractivity contribution in [2.24, 2.45) is 12.0 Å². The van der Waals surface area contributed by atoms with Gasteiger partial charge in [0, 0.05) is 27.1 Å². The topological polar surface area (TPSA) is 60.7 Å². The summed E-state index contributed by atoms with van der Waals surface area (Å²) in [5.41, 5.74) is 0.334. The molecule has 1 aromatic rings. The third-order valence-electron chi connectivity index (χ3n) is 1.63. The van der Waals surface area contributed by atoms with E-state index in [-0.39, 0.29) is 11.7 Å². The summed E-state index contributed by atoms with van der Waals surface area (Å²) in [6, 6.07) is 3.29. The first-order chi connectivity index (χ1) is 7.00. The molecule has 0 fully saturated rings. The minimum atomic E-state index is -0.443. The van der Waals surface area contributed by atoms with Crippen LogP contribution in [0.5, 0.6) is 5.75 Å². The summed E-state index contributed by atoms with van der Waals surface area (Å²) in [5.74, 6) is -0.505. The molecule has 0 saturated heterocycles. The third kappa shape index (κ3) is 3.05. The quantitative estimate of drug-likeness (QED) is 0.627. The number of hydrogen-bond acceptors (Lipinski definition) is 3. The van der Waals surface area contributed by atoms with Crippen LogP contribution in [-0.4, -0.2) is 16.4 Å². The van der Waals surface area contributed by atoms with Crippen molar-refractivity contribution in [3.05, 3.63) is 23.8 Å². The van der Waals surface area contributed by atoms with Crippen molar-refractivity contribution in [3.63, 3.8) is 0 Å². The van der Waals surface area contributed by atoms with Crippen LogP contribution in [0.2, 0.25) is 0 Å². The molecule has 1 rings (SSSR count). The summed E-state index contributed by atoms with van der Waals surface area (Å²) in [5, 5.41) is 0. The van der Waals surface area contributed by atoms with Gasteiger partial charge >= 0.3 is 5.97 Å². The smallest absolute Gasteiger partial charge is 0.308 e. The van der Waals surface area contributed by atoms with E-state index in [0.717, 1.165) is 0 Å². The van der Waals surface area contributed by atoms with Gasteiger partial charge in [-0.1, -0.05) is 0 Å². The van der Waals surface area contributed by atoms with Gasteiger partial charge in [-0.05, 0) is 12.1 Å². The van der Waals surface area contributed by atoms with Gasteiger partial charge in [0.25, 0.3) is 0 Å². The maximum absolute atomic E-state index is 10.9. The molecule has 5 heteroatoms. The van der Waals surface area contributed by atoms with Crippen molar-refractivity contribution in [1.29, 1.82) is 0 Å². The van der Waals surface area contributed by atoms with Gasteiger partial charge < -0.3 is 9.30 Å². The second-order valence-electron chi connectivity index (χ2n) is 3.03. The number of carbonyl (C=O) groups excluding carboxylic acids is 2. The van der Waals surface area contributed by atoms with Gasteiger partial charge in [0.15, 0.2) is 11.2 Å². The normalized spacial score (nSPS) is 11.3. The SMILES string of the molecule is CC(=O)/N=c1\c(OC(C)=O)cccn1C. The van der Waals surface area contributed by atoms with Crippen molar-refractivity contribution in [2.45, 2.75) is 13.8 Å². The van der Waals surface area contributed by atoms with Crippen LogP contribution < -0.4 is 10.2 Å². The highest BCUT2D eigenvalue weighted by Gasteiger charge is 2.03. The molecule has 5 nitrogen and oxygen atoms in total. The van der Waals surface area contributed by atoms with Crippen LogP contribution >= 0.6 is 0 Å². The first-order valence-electron chi connectivity index (χ1n) is 4.40. The van der Waals surface area contributed by atoms with E-state index in [0.29, 0.717) is 5.49 Å². The Morgan fingerprint density at radius 2 is 2.07 bits per heavy atom. The lowest BCUT2D eigenvalue weighted by Crippen LogP contribution is -2.22. The molecule has 0 saturated carbocycles. The predicted octanol–water partition coefficient (Wildman–Crippen LogP) is 0.398. The summed E-state index contributed by atoms with van der Waals surface area (Å²) in [7, 11) is 1.72. The van der Waals surface area contributed by atoms with Crippen LogP contribution in [-0.2, 0) is 16.6 Å². The van der Waals surface area contributed by atoms with E-state index < -0.39 is 5.97 Å². The molecular weight excluding hydrogens is 196 g/mol. The highest BCUT2D eigenvalue weighted by molar-refractivity contribution is 5.74. The molecule has 1 amide bonds. The number of carbonyl (C=O) groups is 2. The van der Waals surface area contributed by atoms with Gasteiger partial charge in [0.05, 0.1) is 0 Å². The molecule has 0 aromatic carbocycles. The average molecular weight is 208 g/mol.